The maximum absolute atomic E-state index is 13.3. The largest absolute Gasteiger partial charge is 0.349 e. The van der Waals surface area contributed by atoms with Crippen molar-refractivity contribution in [3.05, 3.63) is 68.2 Å². The first-order chi connectivity index (χ1) is 16.2. The second-order valence-electron chi connectivity index (χ2n) is 9.03. The van der Waals surface area contributed by atoms with E-state index in [2.05, 4.69) is 19.8 Å². The molecular formula is C25H31ClN4O4. The molecule has 9 heteroatoms. The van der Waals surface area contributed by atoms with Crippen LogP contribution in [0.2, 0.25) is 5.02 Å². The number of fused-ring (bicyclic) bond motifs is 1. The van der Waals surface area contributed by atoms with E-state index < -0.39 is 6.29 Å². The highest BCUT2D eigenvalue weighted by Gasteiger charge is 2.31. The van der Waals surface area contributed by atoms with Crippen LogP contribution in [0.5, 0.6) is 0 Å². The second kappa shape index (κ2) is 9.92. The van der Waals surface area contributed by atoms with Crippen molar-refractivity contribution in [2.45, 2.75) is 45.7 Å². The van der Waals surface area contributed by atoms with Gasteiger partial charge in [0.1, 0.15) is 0 Å². The van der Waals surface area contributed by atoms with Gasteiger partial charge >= 0.3 is 0 Å². The van der Waals surface area contributed by atoms with Crippen molar-refractivity contribution < 1.29 is 14.3 Å². The molecule has 1 aliphatic rings. The quantitative estimate of drug-likeness (QED) is 0.557. The fraction of sp³-hybridized carbons (Fsp3) is 0.440. The van der Waals surface area contributed by atoms with Gasteiger partial charge in [-0.2, -0.15) is 0 Å². The van der Waals surface area contributed by atoms with Gasteiger partial charge in [-0.05, 0) is 47.0 Å². The van der Waals surface area contributed by atoms with Crippen molar-refractivity contribution in [1.29, 1.82) is 0 Å². The minimum Gasteiger partial charge on any atom is -0.349 e. The number of ether oxygens (including phenoxy) is 2. The van der Waals surface area contributed by atoms with Gasteiger partial charge in [0, 0.05) is 22.3 Å². The van der Waals surface area contributed by atoms with Crippen LogP contribution in [0.1, 0.15) is 40.3 Å². The molecule has 1 amide bonds. The Morgan fingerprint density at radius 2 is 1.94 bits per heavy atom. The number of benzene rings is 1. The lowest BCUT2D eigenvalue weighted by Crippen LogP contribution is -2.46. The zero-order valence-corrected chi connectivity index (χ0v) is 20.9. The average molecular weight is 487 g/mol. The van der Waals surface area contributed by atoms with E-state index in [4.69, 9.17) is 21.1 Å². The normalized spacial score (nSPS) is 19.5. The third-order valence-corrected chi connectivity index (χ3v) is 6.80. The zero-order valence-electron chi connectivity index (χ0n) is 20.1. The highest BCUT2D eigenvalue weighted by molar-refractivity contribution is 6.31. The van der Waals surface area contributed by atoms with Crippen LogP contribution in [0.4, 0.5) is 0 Å². The number of H-pyrrole nitrogens is 1. The molecule has 0 spiro atoms. The van der Waals surface area contributed by atoms with Gasteiger partial charge in [-0.1, -0.05) is 29.8 Å². The van der Waals surface area contributed by atoms with Gasteiger partial charge in [0.15, 0.2) is 6.29 Å². The van der Waals surface area contributed by atoms with Crippen LogP contribution in [0, 0.1) is 13.8 Å². The smallest absolute Gasteiger partial charge is 0.254 e. The van der Waals surface area contributed by atoms with Gasteiger partial charge in [-0.15, -0.1) is 0 Å². The van der Waals surface area contributed by atoms with Gasteiger partial charge in [-0.3, -0.25) is 9.59 Å². The first kappa shape index (κ1) is 24.5. The first-order valence-corrected chi connectivity index (χ1v) is 11.7. The van der Waals surface area contributed by atoms with Crippen LogP contribution in [0.15, 0.2) is 35.1 Å². The first-order valence-electron chi connectivity index (χ1n) is 11.3. The Hall–Kier alpha value is -2.65. The highest BCUT2D eigenvalue weighted by Crippen LogP contribution is 2.32. The second-order valence-corrected chi connectivity index (χ2v) is 9.44. The van der Waals surface area contributed by atoms with E-state index >= 15 is 0 Å². The minimum atomic E-state index is -0.424. The molecule has 0 unspecified atom stereocenters. The summed E-state index contributed by atoms with van der Waals surface area (Å²) in [6, 6.07) is 9.51. The third kappa shape index (κ3) is 4.63. The lowest BCUT2D eigenvalue weighted by Gasteiger charge is -2.36. The molecule has 8 nitrogen and oxygen atoms in total. The number of nitrogens with zero attached hydrogens (tertiary/aromatic N) is 2. The summed E-state index contributed by atoms with van der Waals surface area (Å²) < 4.78 is 14.2. The van der Waals surface area contributed by atoms with E-state index in [0.717, 1.165) is 16.6 Å². The van der Waals surface area contributed by atoms with Crippen molar-refractivity contribution in [3.63, 3.8) is 0 Å². The number of rotatable bonds is 6. The van der Waals surface area contributed by atoms with Crippen LogP contribution >= 0.6 is 11.6 Å². The van der Waals surface area contributed by atoms with Crippen LogP contribution in [0.3, 0.4) is 0 Å². The Morgan fingerprint density at radius 3 is 2.59 bits per heavy atom. The van der Waals surface area contributed by atoms with Gasteiger partial charge in [0.05, 0.1) is 48.0 Å². The molecule has 0 aliphatic carbocycles. The number of para-hydroxylation sites is 1. The molecule has 3 aromatic rings. The van der Waals surface area contributed by atoms with Gasteiger partial charge < -0.3 is 29.2 Å². The summed E-state index contributed by atoms with van der Waals surface area (Å²) >= 11 is 6.25. The van der Waals surface area contributed by atoms with Crippen LogP contribution in [-0.4, -0.2) is 60.0 Å². The number of hydrogen-bond donors (Lipinski definition) is 2. The number of carbonyl (C=O) groups excluding carboxylic acids is 1. The predicted molar refractivity (Wildman–Crippen MR) is 133 cm³/mol. The number of carbonyl (C=O) groups is 1. The molecule has 4 rings (SSSR count). The Balaban J connectivity index is 1.62. The number of likely N-dealkylation sites (N-methyl/N-ethyl adjacent to an activating group) is 1. The van der Waals surface area contributed by atoms with Gasteiger partial charge in [0.2, 0.25) is 0 Å². The number of hydrogen-bond acceptors (Lipinski definition) is 5. The molecular weight excluding hydrogens is 456 g/mol. The van der Waals surface area contributed by atoms with Crippen LogP contribution < -0.4 is 10.9 Å². The van der Waals surface area contributed by atoms with Gasteiger partial charge in [0.25, 0.3) is 11.5 Å². The topological polar surface area (TPSA) is 88.6 Å². The summed E-state index contributed by atoms with van der Waals surface area (Å²) in [6.45, 7) is 6.91. The van der Waals surface area contributed by atoms with Gasteiger partial charge in [-0.25, -0.2) is 0 Å². The number of nitrogens with one attached hydrogen (secondary N) is 2. The Morgan fingerprint density at radius 1 is 1.26 bits per heavy atom. The summed E-state index contributed by atoms with van der Waals surface area (Å²) in [5, 5.41) is 4.03. The number of halogens is 1. The van der Waals surface area contributed by atoms with Crippen molar-refractivity contribution >= 4 is 28.4 Å². The molecule has 3 heterocycles. The minimum absolute atomic E-state index is 0.0303. The molecule has 1 fully saturated rings. The highest BCUT2D eigenvalue weighted by atomic mass is 35.5. The molecule has 34 heavy (non-hydrogen) atoms. The maximum Gasteiger partial charge on any atom is 0.254 e. The fourth-order valence-corrected chi connectivity index (χ4v) is 4.82. The van der Waals surface area contributed by atoms with E-state index in [9.17, 15) is 9.59 Å². The molecule has 0 saturated carbocycles. The summed E-state index contributed by atoms with van der Waals surface area (Å²) in [4.78, 5) is 30.4. The third-order valence-electron chi connectivity index (χ3n) is 6.46. The zero-order chi connectivity index (χ0) is 24.6. The molecule has 0 bridgehead atoms. The maximum atomic E-state index is 13.3. The van der Waals surface area contributed by atoms with Crippen molar-refractivity contribution in [1.82, 2.24) is 19.8 Å². The summed E-state index contributed by atoms with van der Waals surface area (Å²) in [6.07, 6.45) is -0.424. The van der Waals surface area contributed by atoms with E-state index in [0.29, 0.717) is 35.1 Å². The molecule has 1 saturated heterocycles. The van der Waals surface area contributed by atoms with Crippen LogP contribution in [-0.2, 0) is 16.0 Å². The molecule has 1 atom stereocenters. The standard InChI is InChI=1S/C25H31ClN4O4/c1-14-10-20(26)19(23(31)28-14)11-27-24(32)22-15(2)30(21-9-7-6-8-18(21)22)16(3)25-33-12-17(13-34-25)29(4)5/h6-10,16-17,25H,11-13H2,1-5H3,(H,27,32)(H,28,31)/t16-,17?,25?/m1/s1. The molecule has 1 aliphatic heterocycles. The summed E-state index contributed by atoms with van der Waals surface area (Å²) in [5.41, 5.74) is 2.98. The van der Waals surface area contributed by atoms with E-state index in [1.807, 2.05) is 52.2 Å². The number of pyridine rings is 1. The van der Waals surface area contributed by atoms with E-state index in [-0.39, 0.29) is 30.1 Å². The van der Waals surface area contributed by atoms with Crippen LogP contribution in [0.25, 0.3) is 10.9 Å². The lowest BCUT2D eigenvalue weighted by molar-refractivity contribution is -0.217. The molecule has 1 aromatic carbocycles. The van der Waals surface area contributed by atoms with Crippen molar-refractivity contribution in [2.75, 3.05) is 27.3 Å². The average Bonchev–Trinajstić information content (AvgIpc) is 3.09. The molecule has 0 radical (unpaired) electrons. The molecule has 2 aromatic heterocycles. The monoisotopic (exact) mass is 486 g/mol. The number of aromatic amines is 1. The lowest BCUT2D eigenvalue weighted by atomic mass is 10.1. The Kier molecular flexibility index (Phi) is 7.14. The predicted octanol–water partition coefficient (Wildman–Crippen LogP) is 3.39. The number of aromatic nitrogens is 2. The number of amides is 1. The Labute approximate surface area is 203 Å². The molecule has 182 valence electrons. The SMILES string of the molecule is Cc1cc(Cl)c(CNC(=O)c2c(C)n([C@H](C)C3OCC(N(C)C)CO3)c3ccccc23)c(=O)[nH]1. The van der Waals surface area contributed by atoms with E-state index in [1.54, 1.807) is 13.0 Å². The van der Waals surface area contributed by atoms with Crippen molar-refractivity contribution in [3.8, 4) is 0 Å². The number of aryl methyl sites for hydroxylation is 1. The summed E-state index contributed by atoms with van der Waals surface area (Å²) in [7, 11) is 4.01. The fourth-order valence-electron chi connectivity index (χ4n) is 4.51. The summed E-state index contributed by atoms with van der Waals surface area (Å²) in [5.74, 6) is -0.270. The molecule has 2 N–H and O–H groups in total. The van der Waals surface area contributed by atoms with E-state index in [1.165, 1.54) is 0 Å². The Bertz CT molecular complexity index is 1260. The van der Waals surface area contributed by atoms with Crippen molar-refractivity contribution in [2.24, 2.45) is 0 Å².